The monoisotopic (exact) mass is 297 g/mol. The molecule has 1 aliphatic heterocycles. The molecular formula is C19H39NO. The third kappa shape index (κ3) is 8.21. The third-order valence-corrected chi connectivity index (χ3v) is 4.87. The molecule has 0 radical (unpaired) electrons. The fourth-order valence-electron chi connectivity index (χ4n) is 3.54. The first kappa shape index (κ1) is 19.0. The van der Waals surface area contributed by atoms with E-state index in [0.29, 0.717) is 18.2 Å². The van der Waals surface area contributed by atoms with Gasteiger partial charge in [0.1, 0.15) is 0 Å². The molecule has 21 heavy (non-hydrogen) atoms. The molecule has 0 saturated carbocycles. The van der Waals surface area contributed by atoms with E-state index in [0.717, 1.165) is 24.9 Å². The first-order valence-electron chi connectivity index (χ1n) is 9.28. The van der Waals surface area contributed by atoms with Crippen LogP contribution in [0.3, 0.4) is 0 Å². The van der Waals surface area contributed by atoms with Crippen LogP contribution >= 0.6 is 0 Å². The Morgan fingerprint density at radius 3 is 1.90 bits per heavy atom. The molecule has 1 saturated heterocycles. The summed E-state index contributed by atoms with van der Waals surface area (Å²) >= 11 is 0. The summed E-state index contributed by atoms with van der Waals surface area (Å²) < 4.78 is 5.83. The molecule has 0 bridgehead atoms. The summed E-state index contributed by atoms with van der Waals surface area (Å²) in [6.07, 6.45) is 9.13. The molecule has 4 atom stereocenters. The van der Waals surface area contributed by atoms with Gasteiger partial charge in [0, 0.05) is 19.1 Å². The fourth-order valence-corrected chi connectivity index (χ4v) is 3.54. The standard InChI is InChI=1S/C19H39NO/c1-15(2)9-7-10-16(3)11-8-12-17(4)20-13-18(5)21-19(6)14-20/h15-19H,7-14H2,1-6H3. The molecule has 1 heterocycles. The van der Waals surface area contributed by atoms with Gasteiger partial charge in [-0.1, -0.05) is 52.9 Å². The van der Waals surface area contributed by atoms with Gasteiger partial charge in [-0.15, -0.1) is 0 Å². The molecule has 0 aromatic heterocycles. The zero-order valence-corrected chi connectivity index (χ0v) is 15.4. The highest BCUT2D eigenvalue weighted by Gasteiger charge is 2.25. The van der Waals surface area contributed by atoms with Crippen molar-refractivity contribution in [2.24, 2.45) is 11.8 Å². The number of ether oxygens (including phenoxy) is 1. The molecule has 1 rings (SSSR count). The smallest absolute Gasteiger partial charge is 0.0678 e. The van der Waals surface area contributed by atoms with E-state index in [1.165, 1.54) is 38.5 Å². The zero-order valence-electron chi connectivity index (χ0n) is 15.4. The minimum Gasteiger partial charge on any atom is -0.373 e. The maximum atomic E-state index is 5.83. The van der Waals surface area contributed by atoms with Crippen LogP contribution in [0.15, 0.2) is 0 Å². The van der Waals surface area contributed by atoms with Crippen LogP contribution in [0.2, 0.25) is 0 Å². The van der Waals surface area contributed by atoms with Crippen molar-refractivity contribution >= 4 is 0 Å². The van der Waals surface area contributed by atoms with E-state index in [2.05, 4.69) is 46.4 Å². The van der Waals surface area contributed by atoms with Gasteiger partial charge < -0.3 is 4.74 Å². The van der Waals surface area contributed by atoms with E-state index < -0.39 is 0 Å². The van der Waals surface area contributed by atoms with Crippen molar-refractivity contribution in [3.8, 4) is 0 Å². The highest BCUT2D eigenvalue weighted by Crippen LogP contribution is 2.21. The van der Waals surface area contributed by atoms with Crippen molar-refractivity contribution in [1.82, 2.24) is 4.90 Å². The van der Waals surface area contributed by atoms with Crippen molar-refractivity contribution in [2.75, 3.05) is 13.1 Å². The number of rotatable bonds is 9. The number of hydrogen-bond donors (Lipinski definition) is 0. The molecule has 4 unspecified atom stereocenters. The first-order chi connectivity index (χ1) is 9.88. The first-order valence-corrected chi connectivity index (χ1v) is 9.28. The van der Waals surface area contributed by atoms with Crippen LogP contribution in [0.25, 0.3) is 0 Å². The SMILES string of the molecule is CC(C)CCCC(C)CCCC(C)N1CC(C)OC(C)C1. The summed E-state index contributed by atoms with van der Waals surface area (Å²) in [6, 6.07) is 0.710. The normalized spacial score (nSPS) is 27.0. The predicted octanol–water partition coefficient (Wildman–Crippen LogP) is 5.12. The van der Waals surface area contributed by atoms with E-state index in [1.54, 1.807) is 0 Å². The van der Waals surface area contributed by atoms with Crippen LogP contribution in [0.5, 0.6) is 0 Å². The summed E-state index contributed by atoms with van der Waals surface area (Å²) in [5.74, 6) is 1.76. The quantitative estimate of drug-likeness (QED) is 0.586. The average molecular weight is 298 g/mol. The Hall–Kier alpha value is -0.0800. The number of nitrogens with zero attached hydrogens (tertiary/aromatic N) is 1. The van der Waals surface area contributed by atoms with E-state index in [4.69, 9.17) is 4.74 Å². The Kier molecular flexibility index (Phi) is 8.89. The Balaban J connectivity index is 2.13. The van der Waals surface area contributed by atoms with Crippen LogP contribution in [-0.2, 0) is 4.74 Å². The van der Waals surface area contributed by atoms with Gasteiger partial charge in [-0.25, -0.2) is 0 Å². The minimum atomic E-state index is 0.395. The summed E-state index contributed by atoms with van der Waals surface area (Å²) in [6.45, 7) is 16.1. The Morgan fingerprint density at radius 2 is 1.38 bits per heavy atom. The van der Waals surface area contributed by atoms with Crippen molar-refractivity contribution in [3.63, 3.8) is 0 Å². The Morgan fingerprint density at radius 1 is 0.857 bits per heavy atom. The summed E-state index contributed by atoms with van der Waals surface area (Å²) in [7, 11) is 0. The molecule has 0 spiro atoms. The van der Waals surface area contributed by atoms with Crippen molar-refractivity contribution < 1.29 is 4.74 Å². The van der Waals surface area contributed by atoms with Crippen LogP contribution in [0, 0.1) is 11.8 Å². The second-order valence-corrected chi connectivity index (χ2v) is 7.92. The van der Waals surface area contributed by atoms with Gasteiger partial charge in [-0.2, -0.15) is 0 Å². The molecule has 2 heteroatoms. The van der Waals surface area contributed by atoms with E-state index >= 15 is 0 Å². The second-order valence-electron chi connectivity index (χ2n) is 7.92. The van der Waals surface area contributed by atoms with Gasteiger partial charge in [-0.3, -0.25) is 4.90 Å². The zero-order chi connectivity index (χ0) is 15.8. The van der Waals surface area contributed by atoms with E-state index in [9.17, 15) is 0 Å². The van der Waals surface area contributed by atoms with E-state index in [-0.39, 0.29) is 0 Å². The van der Waals surface area contributed by atoms with Crippen LogP contribution in [-0.4, -0.2) is 36.2 Å². The second kappa shape index (κ2) is 9.84. The highest BCUT2D eigenvalue weighted by atomic mass is 16.5. The number of morpholine rings is 1. The van der Waals surface area contributed by atoms with Gasteiger partial charge in [0.25, 0.3) is 0 Å². The predicted molar refractivity (Wildman–Crippen MR) is 92.7 cm³/mol. The molecule has 126 valence electrons. The Labute approximate surface area is 133 Å². The van der Waals surface area contributed by atoms with Crippen LogP contribution in [0.1, 0.15) is 80.1 Å². The average Bonchev–Trinajstić information content (AvgIpc) is 2.36. The topological polar surface area (TPSA) is 12.5 Å². The van der Waals surface area contributed by atoms with Gasteiger partial charge in [-0.05, 0) is 39.0 Å². The molecular weight excluding hydrogens is 258 g/mol. The van der Waals surface area contributed by atoms with Gasteiger partial charge >= 0.3 is 0 Å². The van der Waals surface area contributed by atoms with Crippen molar-refractivity contribution in [1.29, 1.82) is 0 Å². The molecule has 0 aromatic carbocycles. The number of hydrogen-bond acceptors (Lipinski definition) is 2. The molecule has 1 aliphatic rings. The van der Waals surface area contributed by atoms with Crippen molar-refractivity contribution in [2.45, 2.75) is 98.3 Å². The lowest BCUT2D eigenvalue weighted by molar-refractivity contribution is -0.0793. The van der Waals surface area contributed by atoms with Gasteiger partial charge in [0.15, 0.2) is 0 Å². The van der Waals surface area contributed by atoms with Gasteiger partial charge in [0.2, 0.25) is 0 Å². The lowest BCUT2D eigenvalue weighted by Gasteiger charge is -2.39. The highest BCUT2D eigenvalue weighted by molar-refractivity contribution is 4.77. The maximum Gasteiger partial charge on any atom is 0.0678 e. The summed E-state index contributed by atoms with van der Waals surface area (Å²) in [5.41, 5.74) is 0. The lowest BCUT2D eigenvalue weighted by Crippen LogP contribution is -2.49. The largest absolute Gasteiger partial charge is 0.373 e. The maximum absolute atomic E-state index is 5.83. The fraction of sp³-hybridized carbons (Fsp3) is 1.00. The molecule has 0 N–H and O–H groups in total. The van der Waals surface area contributed by atoms with E-state index in [1.807, 2.05) is 0 Å². The molecule has 0 aliphatic carbocycles. The molecule has 1 fully saturated rings. The molecule has 0 amide bonds. The molecule has 0 aromatic rings. The molecule has 2 nitrogen and oxygen atoms in total. The summed E-state index contributed by atoms with van der Waals surface area (Å²) in [4.78, 5) is 2.63. The Bertz CT molecular complexity index is 256. The van der Waals surface area contributed by atoms with Crippen LogP contribution < -0.4 is 0 Å². The lowest BCUT2D eigenvalue weighted by atomic mass is 9.94. The van der Waals surface area contributed by atoms with Crippen LogP contribution in [0.4, 0.5) is 0 Å². The summed E-state index contributed by atoms with van der Waals surface area (Å²) in [5, 5.41) is 0. The minimum absolute atomic E-state index is 0.395. The third-order valence-electron chi connectivity index (χ3n) is 4.87. The van der Waals surface area contributed by atoms with Gasteiger partial charge in [0.05, 0.1) is 12.2 Å². The van der Waals surface area contributed by atoms with Crippen molar-refractivity contribution in [3.05, 3.63) is 0 Å².